The van der Waals surface area contributed by atoms with Crippen LogP contribution in [0.3, 0.4) is 0 Å². The predicted octanol–water partition coefficient (Wildman–Crippen LogP) is 3.18. The molecule has 1 aliphatic rings. The predicted molar refractivity (Wildman–Crippen MR) is 151 cm³/mol. The molecule has 11 nitrogen and oxygen atoms in total. The third kappa shape index (κ3) is 5.32. The van der Waals surface area contributed by atoms with E-state index < -0.39 is 27.2 Å². The van der Waals surface area contributed by atoms with Crippen molar-refractivity contribution in [3.05, 3.63) is 104 Å². The lowest BCUT2D eigenvalue weighted by molar-refractivity contribution is 0.597. The van der Waals surface area contributed by atoms with Crippen molar-refractivity contribution in [3.63, 3.8) is 0 Å². The first-order valence-electron chi connectivity index (χ1n) is 13.2. The highest BCUT2D eigenvalue weighted by Crippen LogP contribution is 2.32. The highest BCUT2D eigenvalue weighted by molar-refractivity contribution is 7.92. The maximum atomic E-state index is 14.7. The van der Waals surface area contributed by atoms with Gasteiger partial charge in [-0.25, -0.2) is 22.6 Å². The van der Waals surface area contributed by atoms with Gasteiger partial charge in [0.2, 0.25) is 0 Å². The number of nitrogens with one attached hydrogen (secondary N) is 3. The molecule has 1 aliphatic carbocycles. The molecule has 1 atom stereocenters. The van der Waals surface area contributed by atoms with Gasteiger partial charge >= 0.3 is 5.69 Å². The Labute approximate surface area is 234 Å². The summed E-state index contributed by atoms with van der Waals surface area (Å²) in [6, 6.07) is 13.1. The summed E-state index contributed by atoms with van der Waals surface area (Å²) in [5.41, 5.74) is 1.21. The number of rotatable bonds is 9. The van der Waals surface area contributed by atoms with Crippen LogP contribution in [-0.2, 0) is 30.0 Å². The molecule has 1 unspecified atom stereocenters. The molecule has 0 saturated heterocycles. The van der Waals surface area contributed by atoms with E-state index in [9.17, 15) is 22.4 Å². The summed E-state index contributed by atoms with van der Waals surface area (Å²) in [6.07, 6.45) is 3.66. The number of aromatic nitrogens is 6. The Morgan fingerprint density at radius 1 is 1.10 bits per heavy atom. The molecule has 41 heavy (non-hydrogen) atoms. The SMILES string of the molecule is Cc1nn(C)cc1S(=O)(=O)Nc1ccc(C(Cc2ccccc2F)c2nc3c([nH]2)c(=O)[nH]c(=O)n3CC2CC2)cc1. The van der Waals surface area contributed by atoms with Gasteiger partial charge in [0.05, 0.1) is 5.69 Å². The van der Waals surface area contributed by atoms with Gasteiger partial charge in [0.15, 0.2) is 5.65 Å². The number of H-pyrrole nitrogens is 2. The van der Waals surface area contributed by atoms with Crippen molar-refractivity contribution in [2.75, 3.05) is 4.72 Å². The van der Waals surface area contributed by atoms with Crippen LogP contribution >= 0.6 is 0 Å². The largest absolute Gasteiger partial charge is 0.336 e. The molecule has 3 aromatic heterocycles. The van der Waals surface area contributed by atoms with Crippen molar-refractivity contribution in [2.45, 2.75) is 43.5 Å². The molecule has 0 spiro atoms. The number of hydrogen-bond donors (Lipinski definition) is 3. The summed E-state index contributed by atoms with van der Waals surface area (Å²) in [6.45, 7) is 2.08. The van der Waals surface area contributed by atoms with Crippen molar-refractivity contribution in [1.82, 2.24) is 29.3 Å². The summed E-state index contributed by atoms with van der Waals surface area (Å²) in [5.74, 6) is -0.158. The lowest BCUT2D eigenvalue weighted by Crippen LogP contribution is -2.30. The number of nitrogens with zero attached hydrogens (tertiary/aromatic N) is 4. The Morgan fingerprint density at radius 3 is 2.49 bits per heavy atom. The Morgan fingerprint density at radius 2 is 1.83 bits per heavy atom. The highest BCUT2D eigenvalue weighted by Gasteiger charge is 2.27. The van der Waals surface area contributed by atoms with E-state index in [2.05, 4.69) is 19.8 Å². The van der Waals surface area contributed by atoms with E-state index in [4.69, 9.17) is 4.98 Å². The average molecular weight is 578 g/mol. The molecule has 0 radical (unpaired) electrons. The number of hydrogen-bond acceptors (Lipinski definition) is 6. The summed E-state index contributed by atoms with van der Waals surface area (Å²) in [5, 5.41) is 4.10. The van der Waals surface area contributed by atoms with E-state index in [1.165, 1.54) is 21.5 Å². The summed E-state index contributed by atoms with van der Waals surface area (Å²) in [7, 11) is -2.22. The van der Waals surface area contributed by atoms with Crippen molar-refractivity contribution in [3.8, 4) is 0 Å². The monoisotopic (exact) mass is 577 g/mol. The zero-order valence-electron chi connectivity index (χ0n) is 22.4. The van der Waals surface area contributed by atoms with Crippen LogP contribution in [0.15, 0.2) is 69.2 Å². The topological polar surface area (TPSA) is 148 Å². The van der Waals surface area contributed by atoms with Crippen molar-refractivity contribution in [1.29, 1.82) is 0 Å². The van der Waals surface area contributed by atoms with Crippen LogP contribution in [-0.4, -0.2) is 37.7 Å². The van der Waals surface area contributed by atoms with Gasteiger partial charge in [-0.3, -0.25) is 23.7 Å². The molecule has 3 N–H and O–H groups in total. The minimum atomic E-state index is -3.87. The summed E-state index contributed by atoms with van der Waals surface area (Å²) in [4.78, 5) is 35.5. The summed E-state index contributed by atoms with van der Waals surface area (Å²) >= 11 is 0. The van der Waals surface area contributed by atoms with Crippen LogP contribution in [0.25, 0.3) is 11.2 Å². The third-order valence-electron chi connectivity index (χ3n) is 7.32. The van der Waals surface area contributed by atoms with Gasteiger partial charge in [0.1, 0.15) is 22.1 Å². The molecule has 3 heterocycles. The number of fused-ring (bicyclic) bond motifs is 1. The van der Waals surface area contributed by atoms with E-state index >= 15 is 0 Å². The maximum Gasteiger partial charge on any atom is 0.330 e. The Balaban J connectivity index is 1.39. The first kappa shape index (κ1) is 26.7. The van der Waals surface area contributed by atoms with Crippen LogP contribution in [0.1, 0.15) is 41.4 Å². The van der Waals surface area contributed by atoms with Gasteiger partial charge in [-0.1, -0.05) is 30.3 Å². The minimum Gasteiger partial charge on any atom is -0.336 e. The Kier molecular flexibility index (Phi) is 6.60. The molecule has 1 fully saturated rings. The van der Waals surface area contributed by atoms with Crippen LogP contribution in [0.2, 0.25) is 0 Å². The maximum absolute atomic E-state index is 14.7. The Hall–Kier alpha value is -4.52. The lowest BCUT2D eigenvalue weighted by Gasteiger charge is -2.17. The van der Waals surface area contributed by atoms with Gasteiger partial charge in [-0.05, 0) is 61.4 Å². The molecule has 13 heteroatoms. The van der Waals surface area contributed by atoms with Crippen LogP contribution in [0.4, 0.5) is 10.1 Å². The zero-order chi connectivity index (χ0) is 28.9. The second kappa shape index (κ2) is 10.1. The lowest BCUT2D eigenvalue weighted by atomic mass is 9.91. The molecule has 0 aliphatic heterocycles. The molecule has 5 aromatic rings. The molecule has 6 rings (SSSR count). The van der Waals surface area contributed by atoms with Gasteiger partial charge in [-0.15, -0.1) is 0 Å². The van der Waals surface area contributed by atoms with Gasteiger partial charge < -0.3 is 4.98 Å². The second-order valence-corrected chi connectivity index (χ2v) is 12.1. The standard InChI is InChI=1S/C28H28FN7O4S/c1-16-23(15-35(2)33-16)41(39,40)34-20-11-9-18(10-12-20)21(13-19-5-3-4-6-22(19)29)25-30-24-26(31-25)36(14-17-7-8-17)28(38)32-27(24)37/h3-6,9-12,15,17,21,34H,7-8,13-14H2,1-2H3,(H,30,31)(H,32,37,38). The molecule has 0 amide bonds. The highest BCUT2D eigenvalue weighted by atomic mass is 32.2. The average Bonchev–Trinajstić information content (AvgIpc) is 3.52. The van der Waals surface area contributed by atoms with E-state index in [0.29, 0.717) is 40.8 Å². The number of sulfonamides is 1. The number of anilines is 1. The minimum absolute atomic E-state index is 0.0752. The molecule has 212 valence electrons. The van der Waals surface area contributed by atoms with Crippen molar-refractivity contribution < 1.29 is 12.8 Å². The van der Waals surface area contributed by atoms with E-state index in [0.717, 1.165) is 12.8 Å². The Bertz CT molecular complexity index is 1990. The number of benzene rings is 2. The van der Waals surface area contributed by atoms with Crippen LogP contribution in [0, 0.1) is 18.7 Å². The molecule has 1 saturated carbocycles. The zero-order valence-corrected chi connectivity index (χ0v) is 23.2. The van der Waals surface area contributed by atoms with Crippen LogP contribution < -0.4 is 16.0 Å². The molecule has 2 aromatic carbocycles. The first-order valence-corrected chi connectivity index (χ1v) is 14.7. The fraction of sp³-hybridized carbons (Fsp3) is 0.286. The third-order valence-corrected chi connectivity index (χ3v) is 8.81. The smallest absolute Gasteiger partial charge is 0.330 e. The number of aromatic amines is 2. The molecular formula is C28H28FN7O4S. The van der Waals surface area contributed by atoms with Crippen LogP contribution in [0.5, 0.6) is 0 Å². The van der Waals surface area contributed by atoms with E-state index in [-0.39, 0.29) is 28.3 Å². The van der Waals surface area contributed by atoms with E-state index in [1.54, 1.807) is 56.4 Å². The van der Waals surface area contributed by atoms with Crippen molar-refractivity contribution in [2.24, 2.45) is 13.0 Å². The number of halogens is 1. The fourth-order valence-electron chi connectivity index (χ4n) is 5.04. The number of aryl methyl sites for hydroxylation is 2. The number of imidazole rings is 1. The molecule has 0 bridgehead atoms. The van der Waals surface area contributed by atoms with Gasteiger partial charge in [0, 0.05) is 31.4 Å². The van der Waals surface area contributed by atoms with E-state index in [1.807, 2.05) is 0 Å². The van der Waals surface area contributed by atoms with Gasteiger partial charge in [0.25, 0.3) is 15.6 Å². The normalized spacial score (nSPS) is 14.4. The second-order valence-electron chi connectivity index (χ2n) is 10.5. The summed E-state index contributed by atoms with van der Waals surface area (Å²) < 4.78 is 46.1. The van der Waals surface area contributed by atoms with Crippen molar-refractivity contribution >= 4 is 26.9 Å². The first-order chi connectivity index (χ1) is 19.6. The fourth-order valence-corrected chi connectivity index (χ4v) is 6.32. The van der Waals surface area contributed by atoms with Gasteiger partial charge in [-0.2, -0.15) is 5.10 Å². The molecular weight excluding hydrogens is 549 g/mol. The quantitative estimate of drug-likeness (QED) is 0.245.